The molecule has 1 heterocycles. The molecule has 0 aliphatic heterocycles. The highest BCUT2D eigenvalue weighted by Crippen LogP contribution is 2.37. The average Bonchev–Trinajstić information content (AvgIpc) is 2.90. The minimum absolute atomic E-state index is 0.167. The minimum atomic E-state index is 0.167. The van der Waals surface area contributed by atoms with Gasteiger partial charge in [-0.2, -0.15) is 0 Å². The van der Waals surface area contributed by atoms with Gasteiger partial charge < -0.3 is 15.5 Å². The van der Waals surface area contributed by atoms with Gasteiger partial charge >= 0.3 is 0 Å². The Morgan fingerprint density at radius 3 is 2.53 bits per heavy atom. The van der Waals surface area contributed by atoms with E-state index in [0.717, 1.165) is 5.75 Å². The Kier molecular flexibility index (Phi) is 3.96. The summed E-state index contributed by atoms with van der Waals surface area (Å²) in [6.07, 6.45) is 3.94. The van der Waals surface area contributed by atoms with Gasteiger partial charge in [0.15, 0.2) is 0 Å². The van der Waals surface area contributed by atoms with E-state index in [0.29, 0.717) is 6.54 Å². The van der Waals surface area contributed by atoms with Crippen molar-refractivity contribution in [1.29, 1.82) is 0 Å². The number of aryl methyl sites for hydroxylation is 2. The van der Waals surface area contributed by atoms with E-state index in [9.17, 15) is 0 Å². The summed E-state index contributed by atoms with van der Waals surface area (Å²) in [7, 11) is 1.73. The van der Waals surface area contributed by atoms with Crippen LogP contribution in [0.4, 0.5) is 0 Å². The van der Waals surface area contributed by atoms with Gasteiger partial charge in [-0.1, -0.05) is 6.07 Å². The summed E-state index contributed by atoms with van der Waals surface area (Å²) in [5.74, 6) is 1.13. The zero-order valence-electron chi connectivity index (χ0n) is 12.1. The first-order valence-corrected chi connectivity index (χ1v) is 6.57. The molecule has 0 saturated carbocycles. The molecule has 0 aliphatic rings. The van der Waals surface area contributed by atoms with Crippen LogP contribution in [0, 0.1) is 20.8 Å². The third kappa shape index (κ3) is 2.38. The minimum Gasteiger partial charge on any atom is -0.496 e. The van der Waals surface area contributed by atoms with Crippen LogP contribution in [0.25, 0.3) is 0 Å². The van der Waals surface area contributed by atoms with E-state index in [-0.39, 0.29) is 5.92 Å². The zero-order valence-corrected chi connectivity index (χ0v) is 12.1. The van der Waals surface area contributed by atoms with E-state index in [4.69, 9.17) is 10.5 Å². The number of H-pyrrole nitrogens is 1. The molecular weight excluding hydrogens is 236 g/mol. The van der Waals surface area contributed by atoms with Gasteiger partial charge in [0, 0.05) is 30.4 Å². The second-order valence-electron chi connectivity index (χ2n) is 5.01. The van der Waals surface area contributed by atoms with Crippen LogP contribution < -0.4 is 10.5 Å². The summed E-state index contributed by atoms with van der Waals surface area (Å²) in [5, 5.41) is 0. The summed E-state index contributed by atoms with van der Waals surface area (Å²) in [5.41, 5.74) is 12.1. The molecule has 1 unspecified atom stereocenters. The lowest BCUT2D eigenvalue weighted by Crippen LogP contribution is -2.16. The molecule has 2 rings (SSSR count). The van der Waals surface area contributed by atoms with Crippen molar-refractivity contribution in [3.05, 3.63) is 52.3 Å². The Labute approximate surface area is 114 Å². The number of ether oxygens (including phenoxy) is 1. The Balaban J connectivity index is 2.63. The van der Waals surface area contributed by atoms with E-state index < -0.39 is 0 Å². The van der Waals surface area contributed by atoms with Crippen molar-refractivity contribution in [2.24, 2.45) is 5.73 Å². The average molecular weight is 258 g/mol. The lowest BCUT2D eigenvalue weighted by Gasteiger charge is -2.22. The third-order valence-corrected chi connectivity index (χ3v) is 3.85. The van der Waals surface area contributed by atoms with Crippen LogP contribution in [-0.2, 0) is 0 Å². The van der Waals surface area contributed by atoms with Gasteiger partial charge in [-0.15, -0.1) is 0 Å². The van der Waals surface area contributed by atoms with E-state index in [1.807, 2.05) is 12.4 Å². The molecular formula is C16H22N2O. The molecule has 0 radical (unpaired) electrons. The summed E-state index contributed by atoms with van der Waals surface area (Å²) in [4.78, 5) is 3.10. The van der Waals surface area contributed by atoms with Crippen molar-refractivity contribution < 1.29 is 4.74 Å². The molecule has 0 aliphatic carbocycles. The van der Waals surface area contributed by atoms with Crippen molar-refractivity contribution >= 4 is 0 Å². The second-order valence-corrected chi connectivity index (χ2v) is 5.01. The number of aromatic nitrogens is 1. The molecule has 3 nitrogen and oxygen atoms in total. The molecule has 0 fully saturated rings. The largest absolute Gasteiger partial charge is 0.496 e. The summed E-state index contributed by atoms with van der Waals surface area (Å²) >= 11 is 0. The maximum atomic E-state index is 6.01. The summed E-state index contributed by atoms with van der Waals surface area (Å²) in [6.45, 7) is 6.90. The summed E-state index contributed by atoms with van der Waals surface area (Å²) in [6, 6.07) is 4.29. The van der Waals surface area contributed by atoms with E-state index in [1.165, 1.54) is 27.8 Å². The molecule has 1 aromatic heterocycles. The number of rotatable bonds is 4. The molecule has 1 atom stereocenters. The molecule has 0 saturated heterocycles. The van der Waals surface area contributed by atoms with Crippen molar-refractivity contribution in [3.8, 4) is 5.75 Å². The van der Waals surface area contributed by atoms with Crippen molar-refractivity contribution in [2.45, 2.75) is 26.7 Å². The number of aromatic amines is 1. The van der Waals surface area contributed by atoms with E-state index in [1.54, 1.807) is 7.11 Å². The van der Waals surface area contributed by atoms with Crippen LogP contribution in [0.15, 0.2) is 24.5 Å². The fraction of sp³-hybridized carbons (Fsp3) is 0.375. The first-order valence-electron chi connectivity index (χ1n) is 6.57. The van der Waals surface area contributed by atoms with Crippen LogP contribution >= 0.6 is 0 Å². The molecule has 3 N–H and O–H groups in total. The first-order chi connectivity index (χ1) is 9.10. The molecule has 0 bridgehead atoms. The van der Waals surface area contributed by atoms with Gasteiger partial charge in [-0.25, -0.2) is 0 Å². The van der Waals surface area contributed by atoms with Crippen molar-refractivity contribution in [3.63, 3.8) is 0 Å². The molecule has 2 aromatic rings. The van der Waals surface area contributed by atoms with Gasteiger partial charge in [0.1, 0.15) is 5.75 Å². The van der Waals surface area contributed by atoms with Gasteiger partial charge in [0.25, 0.3) is 0 Å². The smallest absolute Gasteiger partial charge is 0.126 e. The maximum absolute atomic E-state index is 6.01. The standard InChI is InChI=1S/C16H22N2O/c1-10-7-11(2)15(16(19-4)12(10)3)14(8-17)13-5-6-18-9-13/h5-7,9,14,18H,8,17H2,1-4H3. The number of methoxy groups -OCH3 is 1. The Bertz CT molecular complexity index is 559. The topological polar surface area (TPSA) is 51.0 Å². The fourth-order valence-electron chi connectivity index (χ4n) is 2.74. The van der Waals surface area contributed by atoms with Gasteiger partial charge in [-0.3, -0.25) is 0 Å². The predicted octanol–water partition coefficient (Wildman–Crippen LogP) is 3.04. The lowest BCUT2D eigenvalue weighted by molar-refractivity contribution is 0.403. The number of nitrogens with one attached hydrogen (secondary N) is 1. The van der Waals surface area contributed by atoms with Crippen LogP contribution in [0.5, 0.6) is 5.75 Å². The highest BCUT2D eigenvalue weighted by molar-refractivity contribution is 5.53. The molecule has 102 valence electrons. The van der Waals surface area contributed by atoms with E-state index >= 15 is 0 Å². The Morgan fingerprint density at radius 2 is 2.00 bits per heavy atom. The van der Waals surface area contributed by atoms with Gasteiger partial charge in [0.05, 0.1) is 7.11 Å². The second kappa shape index (κ2) is 5.49. The summed E-state index contributed by atoms with van der Waals surface area (Å²) < 4.78 is 5.65. The number of benzene rings is 1. The number of hydrogen-bond donors (Lipinski definition) is 2. The SMILES string of the molecule is COc1c(C)c(C)cc(C)c1C(CN)c1cc[nH]c1. The molecule has 0 spiro atoms. The fourth-order valence-corrected chi connectivity index (χ4v) is 2.74. The van der Waals surface area contributed by atoms with Crippen LogP contribution in [0.3, 0.4) is 0 Å². The predicted molar refractivity (Wildman–Crippen MR) is 78.9 cm³/mol. The first kappa shape index (κ1) is 13.7. The highest BCUT2D eigenvalue weighted by Gasteiger charge is 2.22. The van der Waals surface area contributed by atoms with Crippen molar-refractivity contribution in [1.82, 2.24) is 4.98 Å². The van der Waals surface area contributed by atoms with Gasteiger partial charge in [0.2, 0.25) is 0 Å². The Hall–Kier alpha value is -1.74. The number of hydrogen-bond acceptors (Lipinski definition) is 2. The maximum Gasteiger partial charge on any atom is 0.126 e. The molecule has 19 heavy (non-hydrogen) atoms. The lowest BCUT2D eigenvalue weighted by atomic mass is 9.86. The quantitative estimate of drug-likeness (QED) is 0.885. The molecule has 1 aromatic carbocycles. The highest BCUT2D eigenvalue weighted by atomic mass is 16.5. The zero-order chi connectivity index (χ0) is 14.0. The van der Waals surface area contributed by atoms with Crippen LogP contribution in [0.2, 0.25) is 0 Å². The number of nitrogens with two attached hydrogens (primary N) is 1. The monoisotopic (exact) mass is 258 g/mol. The van der Waals surface area contributed by atoms with E-state index in [2.05, 4.69) is 37.9 Å². The van der Waals surface area contributed by atoms with Crippen LogP contribution in [0.1, 0.15) is 33.7 Å². The van der Waals surface area contributed by atoms with Gasteiger partial charge in [-0.05, 0) is 49.1 Å². The molecule has 0 amide bonds. The Morgan fingerprint density at radius 1 is 1.26 bits per heavy atom. The normalized spacial score (nSPS) is 12.5. The van der Waals surface area contributed by atoms with Crippen molar-refractivity contribution in [2.75, 3.05) is 13.7 Å². The molecule has 3 heteroatoms. The third-order valence-electron chi connectivity index (χ3n) is 3.85. The van der Waals surface area contributed by atoms with Crippen LogP contribution in [-0.4, -0.2) is 18.6 Å².